The number of aryl methyl sites for hydroxylation is 3. The lowest BCUT2D eigenvalue weighted by Crippen LogP contribution is -2.34. The second kappa shape index (κ2) is 12.8. The van der Waals surface area contributed by atoms with E-state index in [1.54, 1.807) is 29.9 Å². The first kappa shape index (κ1) is 30.9. The third-order valence-corrected chi connectivity index (χ3v) is 10.5. The van der Waals surface area contributed by atoms with Gasteiger partial charge < -0.3 is 19.5 Å². The number of halogens is 2. The molecule has 2 aromatic carbocycles. The van der Waals surface area contributed by atoms with Crippen molar-refractivity contribution in [2.75, 3.05) is 29.4 Å². The van der Waals surface area contributed by atoms with Crippen molar-refractivity contribution in [3.63, 3.8) is 0 Å². The highest BCUT2D eigenvalue weighted by Gasteiger charge is 2.25. The maximum absolute atomic E-state index is 14.6. The van der Waals surface area contributed by atoms with E-state index in [-0.39, 0.29) is 16.1 Å². The number of hydrogen-bond acceptors (Lipinski definition) is 8. The van der Waals surface area contributed by atoms with E-state index in [2.05, 4.69) is 25.0 Å². The molecule has 242 valence electrons. The highest BCUT2D eigenvalue weighted by atomic mass is 32.1. The minimum atomic E-state index is -2.65. The fourth-order valence-electron chi connectivity index (χ4n) is 6.77. The SMILES string of the molecule is Cn1c(=O)sc2ccc(N3CCCc4cc(-c5ccc(CCC6CCN(c7ccc(C(=O)O)nn7)CC6)nc5)c(C(F)F)cc43)cc21. The molecule has 3 aromatic heterocycles. The molecular formula is C35H34F2N6O3S. The lowest BCUT2D eigenvalue weighted by Gasteiger charge is -2.33. The van der Waals surface area contributed by atoms with E-state index in [4.69, 9.17) is 5.11 Å². The van der Waals surface area contributed by atoms with Gasteiger partial charge in [0.15, 0.2) is 11.5 Å². The molecule has 0 bridgehead atoms. The zero-order valence-electron chi connectivity index (χ0n) is 25.9. The van der Waals surface area contributed by atoms with Gasteiger partial charge in [-0.1, -0.05) is 17.4 Å². The Morgan fingerprint density at radius 2 is 1.87 bits per heavy atom. The highest BCUT2D eigenvalue weighted by molar-refractivity contribution is 7.16. The molecular weight excluding hydrogens is 622 g/mol. The summed E-state index contributed by atoms with van der Waals surface area (Å²) in [5.74, 6) is 0.128. The molecule has 2 aliphatic heterocycles. The van der Waals surface area contributed by atoms with E-state index in [9.17, 15) is 18.4 Å². The Morgan fingerprint density at radius 1 is 1.04 bits per heavy atom. The van der Waals surface area contributed by atoms with E-state index >= 15 is 0 Å². The van der Waals surface area contributed by atoms with Crippen molar-refractivity contribution in [3.8, 4) is 11.1 Å². The number of aromatic nitrogens is 4. The summed E-state index contributed by atoms with van der Waals surface area (Å²) in [7, 11) is 1.75. The first-order valence-electron chi connectivity index (χ1n) is 15.8. The summed E-state index contributed by atoms with van der Waals surface area (Å²) in [5.41, 5.74) is 5.60. The van der Waals surface area contributed by atoms with Crippen LogP contribution in [0.15, 0.2) is 65.6 Å². The number of rotatable bonds is 8. The number of aromatic carboxylic acids is 1. The smallest absolute Gasteiger partial charge is 0.356 e. The van der Waals surface area contributed by atoms with Gasteiger partial charge in [0.25, 0.3) is 6.43 Å². The van der Waals surface area contributed by atoms with Crippen LogP contribution in [0.1, 0.15) is 59.4 Å². The minimum absolute atomic E-state index is 0.0109. The van der Waals surface area contributed by atoms with Crippen LogP contribution in [0, 0.1) is 5.92 Å². The fraction of sp³-hybridized carbons (Fsp3) is 0.343. The van der Waals surface area contributed by atoms with E-state index in [1.807, 2.05) is 36.4 Å². The van der Waals surface area contributed by atoms with Gasteiger partial charge in [-0.15, -0.1) is 10.2 Å². The molecule has 1 fully saturated rings. The van der Waals surface area contributed by atoms with Crippen LogP contribution in [0.3, 0.4) is 0 Å². The monoisotopic (exact) mass is 656 g/mol. The van der Waals surface area contributed by atoms with Gasteiger partial charge in [0.05, 0.1) is 10.2 Å². The van der Waals surface area contributed by atoms with Crippen LogP contribution in [0.5, 0.6) is 0 Å². The number of carboxylic acids is 1. The number of nitrogens with zero attached hydrogens (tertiary/aromatic N) is 6. The van der Waals surface area contributed by atoms with Gasteiger partial charge in [-0.05, 0) is 104 Å². The van der Waals surface area contributed by atoms with Crippen LogP contribution in [-0.4, -0.2) is 50.5 Å². The second-order valence-electron chi connectivity index (χ2n) is 12.3. The van der Waals surface area contributed by atoms with Crippen molar-refractivity contribution in [2.24, 2.45) is 13.0 Å². The molecule has 0 unspecified atom stereocenters. The molecule has 0 saturated carbocycles. The maximum Gasteiger partial charge on any atom is 0.356 e. The van der Waals surface area contributed by atoms with Crippen molar-refractivity contribution in [1.82, 2.24) is 19.7 Å². The van der Waals surface area contributed by atoms with Gasteiger partial charge in [0, 0.05) is 61.1 Å². The number of pyridine rings is 1. The molecule has 0 amide bonds. The Labute approximate surface area is 274 Å². The molecule has 0 spiro atoms. The number of benzene rings is 2. The van der Waals surface area contributed by atoms with E-state index < -0.39 is 12.4 Å². The Bertz CT molecular complexity index is 1990. The summed E-state index contributed by atoms with van der Waals surface area (Å²) in [4.78, 5) is 32.1. The summed E-state index contributed by atoms with van der Waals surface area (Å²) in [6.07, 6.45) is 4.52. The molecule has 5 heterocycles. The molecule has 1 saturated heterocycles. The fourth-order valence-corrected chi connectivity index (χ4v) is 7.63. The predicted molar refractivity (Wildman–Crippen MR) is 179 cm³/mol. The van der Waals surface area contributed by atoms with E-state index in [0.29, 0.717) is 29.4 Å². The van der Waals surface area contributed by atoms with Crippen LogP contribution in [0.25, 0.3) is 21.3 Å². The first-order valence-corrected chi connectivity index (χ1v) is 16.7. The minimum Gasteiger partial charge on any atom is -0.476 e. The molecule has 5 aromatic rings. The topological polar surface area (TPSA) is 104 Å². The Morgan fingerprint density at radius 3 is 2.57 bits per heavy atom. The molecule has 7 rings (SSSR count). The van der Waals surface area contributed by atoms with Crippen LogP contribution in [0.4, 0.5) is 26.0 Å². The van der Waals surface area contributed by atoms with Gasteiger partial charge in [0.1, 0.15) is 0 Å². The molecule has 0 aliphatic carbocycles. The average Bonchev–Trinajstić information content (AvgIpc) is 3.38. The number of anilines is 3. The van der Waals surface area contributed by atoms with Gasteiger partial charge in [-0.25, -0.2) is 13.6 Å². The first-order chi connectivity index (χ1) is 22.7. The number of carbonyl (C=O) groups is 1. The van der Waals surface area contributed by atoms with Crippen LogP contribution >= 0.6 is 11.3 Å². The van der Waals surface area contributed by atoms with E-state index in [1.165, 1.54) is 17.4 Å². The highest BCUT2D eigenvalue weighted by Crippen LogP contribution is 2.42. The van der Waals surface area contributed by atoms with Crippen molar-refractivity contribution in [1.29, 1.82) is 0 Å². The van der Waals surface area contributed by atoms with Crippen molar-refractivity contribution >= 4 is 44.7 Å². The normalized spacial score (nSPS) is 15.4. The molecule has 12 heteroatoms. The van der Waals surface area contributed by atoms with Gasteiger partial charge in [0.2, 0.25) is 0 Å². The van der Waals surface area contributed by atoms with E-state index in [0.717, 1.165) is 84.5 Å². The molecule has 2 aliphatic rings. The number of carboxylic acid groups (broad SMARTS) is 1. The summed E-state index contributed by atoms with van der Waals surface area (Å²) >= 11 is 1.20. The molecule has 47 heavy (non-hydrogen) atoms. The van der Waals surface area contributed by atoms with Crippen LogP contribution in [-0.2, 0) is 19.9 Å². The zero-order chi connectivity index (χ0) is 32.7. The average molecular weight is 657 g/mol. The number of hydrogen-bond donors (Lipinski definition) is 1. The van der Waals surface area contributed by atoms with Gasteiger partial charge in [-0.3, -0.25) is 9.78 Å². The summed E-state index contributed by atoms with van der Waals surface area (Å²) in [6, 6.07) is 16.5. The number of alkyl halides is 2. The lowest BCUT2D eigenvalue weighted by atomic mass is 9.90. The Hall–Kier alpha value is -4.71. The molecule has 9 nitrogen and oxygen atoms in total. The standard InChI is InChI=1S/C35H34F2N6O3S/c1-41-30-18-25(8-10-31(30)47-35(41)46)43-14-2-3-22-17-26(27(33(36)37)19-29(22)43)23-5-7-24(38-20-23)6-4-21-12-15-42(16-13-21)32-11-9-28(34(44)45)39-40-32/h5,7-11,17-21,33H,2-4,6,12-16H2,1H3,(H,44,45). The van der Waals surface area contributed by atoms with Gasteiger partial charge >= 0.3 is 10.8 Å². The molecule has 0 atom stereocenters. The van der Waals surface area contributed by atoms with Crippen LogP contribution < -0.4 is 14.7 Å². The Kier molecular flexibility index (Phi) is 8.44. The second-order valence-corrected chi connectivity index (χ2v) is 13.3. The van der Waals surface area contributed by atoms with Crippen LogP contribution in [0.2, 0.25) is 0 Å². The Balaban J connectivity index is 1.04. The summed E-state index contributed by atoms with van der Waals surface area (Å²) in [6.45, 7) is 2.36. The third-order valence-electron chi connectivity index (χ3n) is 9.44. The van der Waals surface area contributed by atoms with Crippen molar-refractivity contribution < 1.29 is 18.7 Å². The third kappa shape index (κ3) is 6.21. The van der Waals surface area contributed by atoms with Crippen molar-refractivity contribution in [3.05, 3.63) is 93.0 Å². The maximum atomic E-state index is 14.6. The number of fused-ring (bicyclic) bond motifs is 2. The molecule has 1 N–H and O–H groups in total. The lowest BCUT2D eigenvalue weighted by molar-refractivity contribution is 0.0689. The largest absolute Gasteiger partial charge is 0.476 e. The number of thiazole rings is 1. The number of piperidine rings is 1. The molecule has 0 radical (unpaired) electrons. The summed E-state index contributed by atoms with van der Waals surface area (Å²) in [5, 5.41) is 16.9. The van der Waals surface area contributed by atoms with Crippen molar-refractivity contribution in [2.45, 2.75) is 45.0 Å². The van der Waals surface area contributed by atoms with Gasteiger partial charge in [-0.2, -0.15) is 0 Å². The zero-order valence-corrected chi connectivity index (χ0v) is 26.7. The predicted octanol–water partition coefficient (Wildman–Crippen LogP) is 7.02. The summed E-state index contributed by atoms with van der Waals surface area (Å²) < 4.78 is 31.6. The quantitative estimate of drug-likeness (QED) is 0.190.